The summed E-state index contributed by atoms with van der Waals surface area (Å²) in [6.45, 7) is 1.65. The van der Waals surface area contributed by atoms with E-state index >= 15 is 0 Å². The Hall–Kier alpha value is -2.61. The molecule has 8 heteroatoms. The number of rotatable bonds is 3. The molecule has 1 aromatic carbocycles. The Morgan fingerprint density at radius 1 is 1.26 bits per heavy atom. The second kappa shape index (κ2) is 5.54. The van der Waals surface area contributed by atoms with Crippen LogP contribution in [0.4, 0.5) is 20.5 Å². The third kappa shape index (κ3) is 2.72. The summed E-state index contributed by atoms with van der Waals surface area (Å²) >= 11 is 0. The minimum Gasteiger partial charge on any atom is -0.368 e. The number of anilines is 2. The summed E-state index contributed by atoms with van der Waals surface area (Å²) in [6.07, 6.45) is -3.36. The SMILES string of the molecule is Cc1cc(N2N=C(c3ccccc3)CC2(O)C(F)F)nc(N)n1. The number of nitrogens with two attached hydrogens (primary N) is 1. The first-order chi connectivity index (χ1) is 10.9. The maximum absolute atomic E-state index is 13.5. The second-order valence-electron chi connectivity index (χ2n) is 5.31. The molecule has 0 fully saturated rings. The van der Waals surface area contributed by atoms with Gasteiger partial charge >= 0.3 is 0 Å². The lowest BCUT2D eigenvalue weighted by Crippen LogP contribution is -2.49. The average Bonchev–Trinajstić information content (AvgIpc) is 2.87. The predicted octanol–water partition coefficient (Wildman–Crippen LogP) is 1.94. The molecule has 0 spiro atoms. The Kier molecular flexibility index (Phi) is 3.69. The van der Waals surface area contributed by atoms with E-state index in [2.05, 4.69) is 15.1 Å². The van der Waals surface area contributed by atoms with Crippen LogP contribution in [0.1, 0.15) is 17.7 Å². The van der Waals surface area contributed by atoms with Crippen LogP contribution in [-0.2, 0) is 0 Å². The van der Waals surface area contributed by atoms with Crippen molar-refractivity contribution < 1.29 is 13.9 Å². The first-order valence-corrected chi connectivity index (χ1v) is 6.95. The van der Waals surface area contributed by atoms with Gasteiger partial charge in [0.15, 0.2) is 5.82 Å². The van der Waals surface area contributed by atoms with Gasteiger partial charge in [0.1, 0.15) is 0 Å². The van der Waals surface area contributed by atoms with E-state index in [4.69, 9.17) is 5.73 Å². The van der Waals surface area contributed by atoms with Gasteiger partial charge in [-0.25, -0.2) is 18.8 Å². The lowest BCUT2D eigenvalue weighted by Gasteiger charge is -2.30. The highest BCUT2D eigenvalue weighted by Gasteiger charge is 2.50. The summed E-state index contributed by atoms with van der Waals surface area (Å²) in [6, 6.07) is 10.3. The molecule has 23 heavy (non-hydrogen) atoms. The highest BCUT2D eigenvalue weighted by atomic mass is 19.3. The first-order valence-electron chi connectivity index (χ1n) is 6.95. The van der Waals surface area contributed by atoms with Gasteiger partial charge in [-0.15, -0.1) is 0 Å². The van der Waals surface area contributed by atoms with Crippen molar-refractivity contribution in [3.8, 4) is 0 Å². The fourth-order valence-electron chi connectivity index (χ4n) is 2.46. The molecule has 120 valence electrons. The van der Waals surface area contributed by atoms with Crippen molar-refractivity contribution >= 4 is 17.5 Å². The zero-order chi connectivity index (χ0) is 16.6. The van der Waals surface area contributed by atoms with Crippen molar-refractivity contribution in [1.29, 1.82) is 0 Å². The van der Waals surface area contributed by atoms with E-state index in [-0.39, 0.29) is 18.2 Å². The molecule has 0 saturated carbocycles. The van der Waals surface area contributed by atoms with E-state index < -0.39 is 12.2 Å². The molecule has 1 aliphatic rings. The molecule has 1 unspecified atom stereocenters. The second-order valence-corrected chi connectivity index (χ2v) is 5.31. The van der Waals surface area contributed by atoms with Gasteiger partial charge in [-0.2, -0.15) is 10.1 Å². The number of aromatic nitrogens is 2. The van der Waals surface area contributed by atoms with Gasteiger partial charge in [0, 0.05) is 18.2 Å². The van der Waals surface area contributed by atoms with Crippen LogP contribution in [0.15, 0.2) is 41.5 Å². The number of nitrogens with zero attached hydrogens (tertiary/aromatic N) is 4. The maximum Gasteiger partial charge on any atom is 0.287 e. The highest BCUT2D eigenvalue weighted by Crippen LogP contribution is 2.36. The van der Waals surface area contributed by atoms with Crippen LogP contribution in [0.25, 0.3) is 0 Å². The van der Waals surface area contributed by atoms with Crippen LogP contribution in [0.2, 0.25) is 0 Å². The van der Waals surface area contributed by atoms with Crippen LogP contribution < -0.4 is 10.7 Å². The van der Waals surface area contributed by atoms with Crippen molar-refractivity contribution in [3.05, 3.63) is 47.7 Å². The summed E-state index contributed by atoms with van der Waals surface area (Å²) in [5.74, 6) is -0.0382. The monoisotopic (exact) mass is 319 g/mol. The molecule has 0 aliphatic carbocycles. The van der Waals surface area contributed by atoms with Crippen LogP contribution >= 0.6 is 0 Å². The molecule has 1 aliphatic heterocycles. The Labute approximate surface area is 131 Å². The molecular formula is C15H15F2N5O. The van der Waals surface area contributed by atoms with Gasteiger partial charge in [0.25, 0.3) is 6.43 Å². The molecule has 0 amide bonds. The third-order valence-electron chi connectivity index (χ3n) is 3.55. The summed E-state index contributed by atoms with van der Waals surface area (Å²) < 4.78 is 27.0. The number of hydrogen-bond acceptors (Lipinski definition) is 6. The molecule has 2 aromatic rings. The zero-order valence-electron chi connectivity index (χ0n) is 12.3. The van der Waals surface area contributed by atoms with Crippen molar-refractivity contribution in [3.63, 3.8) is 0 Å². The minimum atomic E-state index is -3.04. The quantitative estimate of drug-likeness (QED) is 0.902. The lowest BCUT2D eigenvalue weighted by molar-refractivity contribution is -0.0870. The van der Waals surface area contributed by atoms with Gasteiger partial charge in [0.2, 0.25) is 11.7 Å². The van der Waals surface area contributed by atoms with Gasteiger partial charge in [-0.1, -0.05) is 30.3 Å². The van der Waals surface area contributed by atoms with Crippen LogP contribution in [-0.4, -0.2) is 32.9 Å². The van der Waals surface area contributed by atoms with Gasteiger partial charge in [-0.3, -0.25) is 0 Å². The van der Waals surface area contributed by atoms with Crippen molar-refractivity contribution in [2.75, 3.05) is 10.7 Å². The van der Waals surface area contributed by atoms with Crippen LogP contribution in [0.3, 0.4) is 0 Å². The number of hydrazone groups is 1. The molecule has 3 N–H and O–H groups in total. The van der Waals surface area contributed by atoms with E-state index in [1.807, 2.05) is 6.07 Å². The number of nitrogen functional groups attached to an aromatic ring is 1. The molecule has 1 aromatic heterocycles. The molecule has 6 nitrogen and oxygen atoms in total. The van der Waals surface area contributed by atoms with Crippen LogP contribution in [0, 0.1) is 6.92 Å². The lowest BCUT2D eigenvalue weighted by atomic mass is 10.0. The molecule has 2 heterocycles. The molecule has 0 saturated heterocycles. The number of halogens is 2. The molecule has 3 rings (SSSR count). The fraction of sp³-hybridized carbons (Fsp3) is 0.267. The van der Waals surface area contributed by atoms with Crippen molar-refractivity contribution in [2.45, 2.75) is 25.5 Å². The summed E-state index contributed by atoms with van der Waals surface area (Å²) in [4.78, 5) is 7.81. The Morgan fingerprint density at radius 3 is 2.57 bits per heavy atom. The van der Waals surface area contributed by atoms with Gasteiger partial charge in [-0.05, 0) is 12.5 Å². The number of hydrogen-bond donors (Lipinski definition) is 2. The van der Waals surface area contributed by atoms with E-state index in [1.165, 1.54) is 6.07 Å². The smallest absolute Gasteiger partial charge is 0.287 e. The third-order valence-corrected chi connectivity index (χ3v) is 3.55. The van der Waals surface area contributed by atoms with Gasteiger partial charge in [0.05, 0.1) is 5.71 Å². The van der Waals surface area contributed by atoms with E-state index in [9.17, 15) is 13.9 Å². The Morgan fingerprint density at radius 2 is 1.96 bits per heavy atom. The number of alkyl halides is 2. The summed E-state index contributed by atoms with van der Waals surface area (Å²) in [5.41, 5.74) is 4.60. The van der Waals surface area contributed by atoms with Gasteiger partial charge < -0.3 is 10.8 Å². The van der Waals surface area contributed by atoms with Crippen molar-refractivity contribution in [2.24, 2.45) is 5.10 Å². The van der Waals surface area contributed by atoms with Crippen molar-refractivity contribution in [1.82, 2.24) is 9.97 Å². The number of aryl methyl sites for hydroxylation is 1. The number of benzene rings is 1. The van der Waals surface area contributed by atoms with Crippen LogP contribution in [0.5, 0.6) is 0 Å². The van der Waals surface area contributed by atoms with E-state index in [1.54, 1.807) is 31.2 Å². The maximum atomic E-state index is 13.5. The standard InChI is InChI=1S/C15H15F2N5O/c1-9-7-12(20-14(18)19-9)22-15(23,13(16)17)8-11(21-22)10-5-3-2-4-6-10/h2-7,13,23H,8H2,1H3,(H2,18,19,20). The number of aliphatic hydroxyl groups is 1. The highest BCUT2D eigenvalue weighted by molar-refractivity contribution is 6.03. The molecule has 1 atom stereocenters. The molecule has 0 bridgehead atoms. The fourth-order valence-corrected chi connectivity index (χ4v) is 2.46. The minimum absolute atomic E-state index is 0.0312. The molecule has 0 radical (unpaired) electrons. The Balaban J connectivity index is 2.08. The summed E-state index contributed by atoms with van der Waals surface area (Å²) in [5, 5.41) is 15.4. The van der Waals surface area contributed by atoms with E-state index in [0.29, 0.717) is 17.0 Å². The van der Waals surface area contributed by atoms with E-state index in [0.717, 1.165) is 5.01 Å². The topological polar surface area (TPSA) is 87.6 Å². The predicted molar refractivity (Wildman–Crippen MR) is 82.2 cm³/mol. The Bertz CT molecular complexity index is 733. The zero-order valence-corrected chi connectivity index (χ0v) is 12.3. The largest absolute Gasteiger partial charge is 0.368 e. The summed E-state index contributed by atoms with van der Waals surface area (Å²) in [7, 11) is 0. The normalized spacial score (nSPS) is 20.9. The average molecular weight is 319 g/mol. The molecular weight excluding hydrogens is 304 g/mol. The first kappa shape index (κ1) is 15.3.